The van der Waals surface area contributed by atoms with Crippen molar-refractivity contribution in [2.75, 3.05) is 0 Å². The van der Waals surface area contributed by atoms with Gasteiger partial charge in [-0.05, 0) is 100 Å². The van der Waals surface area contributed by atoms with Gasteiger partial charge in [0, 0.05) is 75.1 Å². The molecular weight excluding hydrogens is 1210 g/mol. The van der Waals surface area contributed by atoms with Gasteiger partial charge in [-0.15, -0.1) is 11.3 Å². The first-order valence-electron chi connectivity index (χ1n) is 32.9. The third-order valence-corrected chi connectivity index (χ3v) is 20.2. The van der Waals surface area contributed by atoms with E-state index in [9.17, 15) is 0 Å². The molecule has 0 unspecified atom stereocenters. The van der Waals surface area contributed by atoms with E-state index in [0.29, 0.717) is 34.9 Å². The minimum absolute atomic E-state index is 0.638. The molecule has 7 nitrogen and oxygen atoms in total. The third kappa shape index (κ3) is 9.80. The fraction of sp³-hybridized carbons (Fsp3) is 0. The van der Waals surface area contributed by atoms with Crippen molar-refractivity contribution < 1.29 is 4.42 Å². The Labute approximate surface area is 567 Å². The maximum atomic E-state index is 6.46. The molecule has 8 heteroatoms. The number of hydrogen-bond donors (Lipinski definition) is 0. The highest BCUT2D eigenvalue weighted by molar-refractivity contribution is 7.27. The SMILES string of the molecule is c1ccc(-c2ccc(-c3nc(-c4ccccc4)nc(-c4ccc5c(ccc6c5c5ccccc5c5oc7ccccc7c65)c4)n3)cc2)cc1.c1ccc(-c2ccc(-c3nc(-c4ccccc4)nc(-c4ccc5c(ccc6c5c5ccccc5c5sc7ccccc7c65)c4)n3)cc2)cc1. The van der Waals surface area contributed by atoms with E-state index in [1.165, 1.54) is 79.8 Å². The molecule has 0 saturated heterocycles. The van der Waals surface area contributed by atoms with E-state index in [2.05, 4.69) is 243 Å². The van der Waals surface area contributed by atoms with Crippen molar-refractivity contribution in [2.45, 2.75) is 0 Å². The maximum Gasteiger partial charge on any atom is 0.164 e. The van der Waals surface area contributed by atoms with Crippen LogP contribution in [0.25, 0.3) is 197 Å². The molecule has 16 aromatic carbocycles. The van der Waals surface area contributed by atoms with Gasteiger partial charge in [0.1, 0.15) is 11.2 Å². The highest BCUT2D eigenvalue weighted by atomic mass is 32.1. The van der Waals surface area contributed by atoms with Gasteiger partial charge in [0.15, 0.2) is 34.9 Å². The average molecular weight is 1270 g/mol. The van der Waals surface area contributed by atoms with Gasteiger partial charge in [0.05, 0.1) is 0 Å². The fourth-order valence-corrected chi connectivity index (χ4v) is 15.6. The highest BCUT2D eigenvalue weighted by Crippen LogP contribution is 2.47. The number of para-hydroxylation sites is 1. The number of benzene rings is 16. The molecule has 0 N–H and O–H groups in total. The second kappa shape index (κ2) is 23.5. The molecule has 4 heterocycles. The molecule has 0 bridgehead atoms. The fourth-order valence-electron chi connectivity index (χ4n) is 14.3. The van der Waals surface area contributed by atoms with Gasteiger partial charge in [-0.2, -0.15) is 0 Å². The van der Waals surface area contributed by atoms with E-state index < -0.39 is 0 Å². The lowest BCUT2D eigenvalue weighted by molar-refractivity contribution is 0.673. The Morgan fingerprint density at radius 3 is 1.02 bits per heavy atom. The number of rotatable bonds is 8. The topological polar surface area (TPSA) is 90.5 Å². The van der Waals surface area contributed by atoms with Crippen LogP contribution in [0.3, 0.4) is 0 Å². The molecule has 0 radical (unpaired) electrons. The van der Waals surface area contributed by atoms with Crippen molar-refractivity contribution in [3.05, 3.63) is 328 Å². The first kappa shape index (κ1) is 56.6. The maximum absolute atomic E-state index is 6.46. The summed E-state index contributed by atoms with van der Waals surface area (Å²) in [4.78, 5) is 30.1. The van der Waals surface area contributed by atoms with Gasteiger partial charge in [-0.1, -0.05) is 303 Å². The molecular formula is C90H54N6OS. The van der Waals surface area contributed by atoms with Gasteiger partial charge in [-0.25, -0.2) is 29.9 Å². The van der Waals surface area contributed by atoms with Crippen molar-refractivity contribution in [3.8, 4) is 90.6 Å². The molecule has 0 amide bonds. The number of furan rings is 1. The quantitative estimate of drug-likeness (QED) is 0.140. The van der Waals surface area contributed by atoms with Gasteiger partial charge < -0.3 is 4.42 Å². The summed E-state index contributed by atoms with van der Waals surface area (Å²) in [6.07, 6.45) is 0. The molecule has 0 atom stereocenters. The minimum Gasteiger partial charge on any atom is -0.455 e. The number of thiophene rings is 1. The molecule has 4 aromatic heterocycles. The molecule has 98 heavy (non-hydrogen) atoms. The molecule has 0 aliphatic heterocycles. The van der Waals surface area contributed by atoms with Crippen molar-refractivity contribution in [2.24, 2.45) is 0 Å². The zero-order valence-corrected chi connectivity index (χ0v) is 53.5. The van der Waals surface area contributed by atoms with Crippen LogP contribution >= 0.6 is 11.3 Å². The first-order chi connectivity index (χ1) is 48.6. The number of hydrogen-bond acceptors (Lipinski definition) is 8. The van der Waals surface area contributed by atoms with E-state index in [-0.39, 0.29) is 0 Å². The molecule has 20 aromatic rings. The summed E-state index contributed by atoms with van der Waals surface area (Å²) in [7, 11) is 0. The van der Waals surface area contributed by atoms with Crippen molar-refractivity contribution in [1.82, 2.24) is 29.9 Å². The van der Waals surface area contributed by atoms with Crippen molar-refractivity contribution in [1.29, 1.82) is 0 Å². The van der Waals surface area contributed by atoms with Gasteiger partial charge in [0.2, 0.25) is 0 Å². The summed E-state index contributed by atoms with van der Waals surface area (Å²) in [5.74, 6) is 3.89. The zero-order chi connectivity index (χ0) is 64.6. The predicted molar refractivity (Wildman–Crippen MR) is 408 cm³/mol. The van der Waals surface area contributed by atoms with E-state index in [1.807, 2.05) is 96.3 Å². The largest absolute Gasteiger partial charge is 0.455 e. The third-order valence-electron chi connectivity index (χ3n) is 19.0. The monoisotopic (exact) mass is 1270 g/mol. The summed E-state index contributed by atoms with van der Waals surface area (Å²) in [6, 6.07) is 115. The van der Waals surface area contributed by atoms with Gasteiger partial charge >= 0.3 is 0 Å². The van der Waals surface area contributed by atoms with Crippen molar-refractivity contribution in [3.63, 3.8) is 0 Å². The summed E-state index contributed by atoms with van der Waals surface area (Å²) >= 11 is 1.89. The summed E-state index contributed by atoms with van der Waals surface area (Å²) in [5.41, 5.74) is 12.2. The van der Waals surface area contributed by atoms with Crippen LogP contribution in [-0.2, 0) is 0 Å². The normalized spacial score (nSPS) is 11.7. The van der Waals surface area contributed by atoms with E-state index >= 15 is 0 Å². The predicted octanol–water partition coefficient (Wildman–Crippen LogP) is 24.3. The van der Waals surface area contributed by atoms with Crippen LogP contribution in [0.1, 0.15) is 0 Å². The summed E-state index contributed by atoms with van der Waals surface area (Å²) < 4.78 is 9.13. The van der Waals surface area contributed by atoms with Gasteiger partial charge in [-0.3, -0.25) is 0 Å². The molecule has 0 fully saturated rings. The zero-order valence-electron chi connectivity index (χ0n) is 52.7. The lowest BCUT2D eigenvalue weighted by atomic mass is 9.92. The Hall–Kier alpha value is -12.9. The van der Waals surface area contributed by atoms with Crippen LogP contribution in [-0.4, -0.2) is 29.9 Å². The molecule has 0 aliphatic rings. The minimum atomic E-state index is 0.638. The van der Waals surface area contributed by atoms with Crippen LogP contribution in [0.2, 0.25) is 0 Å². The second-order valence-corrected chi connectivity index (χ2v) is 25.8. The van der Waals surface area contributed by atoms with Crippen LogP contribution < -0.4 is 0 Å². The average Bonchev–Trinajstić information content (AvgIpc) is 1.45. The van der Waals surface area contributed by atoms with Crippen LogP contribution in [0.4, 0.5) is 0 Å². The lowest BCUT2D eigenvalue weighted by Crippen LogP contribution is -2.00. The van der Waals surface area contributed by atoms with Gasteiger partial charge in [0.25, 0.3) is 0 Å². The molecule has 0 saturated carbocycles. The van der Waals surface area contributed by atoms with E-state index in [4.69, 9.17) is 34.3 Å². The Kier molecular flexibility index (Phi) is 13.6. The van der Waals surface area contributed by atoms with E-state index in [1.54, 1.807) is 0 Å². The number of nitrogens with zero attached hydrogens (tertiary/aromatic N) is 6. The summed E-state index contributed by atoms with van der Waals surface area (Å²) in [5, 5.41) is 19.5. The number of aromatic nitrogens is 6. The van der Waals surface area contributed by atoms with Crippen LogP contribution in [0, 0.1) is 0 Å². The number of fused-ring (bicyclic) bond motifs is 20. The van der Waals surface area contributed by atoms with Crippen molar-refractivity contribution >= 4 is 118 Å². The molecule has 0 aliphatic carbocycles. The highest BCUT2D eigenvalue weighted by Gasteiger charge is 2.21. The smallest absolute Gasteiger partial charge is 0.164 e. The van der Waals surface area contributed by atoms with Crippen LogP contribution in [0.5, 0.6) is 0 Å². The first-order valence-corrected chi connectivity index (χ1v) is 33.7. The lowest BCUT2D eigenvalue weighted by Gasteiger charge is -2.12. The second-order valence-electron chi connectivity index (χ2n) is 24.8. The standard InChI is InChI=1S/C45H27N3O.C45H27N3S/c2*1-3-11-28(12-4-1)29-19-21-31(22-20-29)44-46-43(30-13-5-2-6-14-30)47-45(48-44)33-24-25-34-32(27-33)23-26-38-40(34)35-15-7-8-16-36(35)42-41(38)37-17-9-10-18-39(37)49-42/h2*1-27H. The summed E-state index contributed by atoms with van der Waals surface area (Å²) in [6.45, 7) is 0. The van der Waals surface area contributed by atoms with Crippen LogP contribution in [0.15, 0.2) is 332 Å². The Morgan fingerprint density at radius 2 is 0.531 bits per heavy atom. The molecule has 456 valence electrons. The van der Waals surface area contributed by atoms with E-state index in [0.717, 1.165) is 82.6 Å². The Balaban J connectivity index is 0.000000137. The Morgan fingerprint density at radius 1 is 0.204 bits per heavy atom. The molecule has 20 rings (SSSR count). The Bertz CT molecular complexity index is 6120. The molecule has 0 spiro atoms.